The quantitative estimate of drug-likeness (QED) is 0.760. The van der Waals surface area contributed by atoms with E-state index in [0.717, 1.165) is 5.00 Å². The van der Waals surface area contributed by atoms with E-state index in [2.05, 4.69) is 27.8 Å². The zero-order valence-corrected chi connectivity index (χ0v) is 9.98. The molecule has 0 atom stereocenters. The molecule has 0 aliphatic carbocycles. The van der Waals surface area contributed by atoms with Crippen LogP contribution in [0.5, 0.6) is 0 Å². The first-order valence-electron chi connectivity index (χ1n) is 4.97. The van der Waals surface area contributed by atoms with E-state index in [4.69, 9.17) is 11.6 Å². The fourth-order valence-corrected chi connectivity index (χ4v) is 2.98. The smallest absolute Gasteiger partial charge is 0.196 e. The Morgan fingerprint density at radius 1 is 1.25 bits per heavy atom. The molecule has 1 aromatic carbocycles. The highest BCUT2D eigenvalue weighted by Crippen LogP contribution is 2.37. The van der Waals surface area contributed by atoms with Crippen molar-refractivity contribution in [1.29, 1.82) is 0 Å². The molecule has 0 unspecified atom stereocenters. The maximum Gasteiger partial charge on any atom is 0.196 e. The van der Waals surface area contributed by atoms with Crippen LogP contribution in [-0.2, 0) is 6.54 Å². The Hall–Kier alpha value is -1.32. The molecule has 1 N–H and O–H groups in total. The van der Waals surface area contributed by atoms with Gasteiger partial charge in [-0.25, -0.2) is 0 Å². The summed E-state index contributed by atoms with van der Waals surface area (Å²) in [5, 5.41) is 6.83. The van der Waals surface area contributed by atoms with E-state index in [-0.39, 0.29) is 0 Å². The summed E-state index contributed by atoms with van der Waals surface area (Å²) in [5.74, 6) is 0. The van der Waals surface area contributed by atoms with E-state index in [1.807, 2.05) is 18.2 Å². The van der Waals surface area contributed by atoms with E-state index in [1.165, 1.54) is 16.7 Å². The van der Waals surface area contributed by atoms with Gasteiger partial charge in [0.15, 0.2) is 5.29 Å². The number of halogens is 1. The normalized spacial score (nSPS) is 13.9. The number of anilines is 1. The molecule has 2 heterocycles. The Labute approximate surface area is 103 Å². The van der Waals surface area contributed by atoms with Crippen molar-refractivity contribution >= 4 is 33.2 Å². The van der Waals surface area contributed by atoms with Crippen LogP contribution in [-0.4, -0.2) is 5.29 Å². The van der Waals surface area contributed by atoms with Crippen molar-refractivity contribution in [2.24, 2.45) is 4.99 Å². The van der Waals surface area contributed by atoms with Crippen molar-refractivity contribution in [3.63, 3.8) is 0 Å². The fourth-order valence-electron chi connectivity index (χ4n) is 1.79. The van der Waals surface area contributed by atoms with Crippen molar-refractivity contribution < 1.29 is 0 Å². The molecule has 4 heteroatoms. The van der Waals surface area contributed by atoms with E-state index < -0.39 is 0 Å². The molecular weight excluding hydrogens is 240 g/mol. The Kier molecular flexibility index (Phi) is 2.42. The number of hydrogen-bond acceptors (Lipinski definition) is 3. The lowest BCUT2D eigenvalue weighted by Crippen LogP contribution is -2.09. The molecule has 1 aliphatic heterocycles. The first-order valence-corrected chi connectivity index (χ1v) is 6.23. The van der Waals surface area contributed by atoms with E-state index in [9.17, 15) is 0 Å². The minimum Gasteiger partial charge on any atom is -0.322 e. The van der Waals surface area contributed by atoms with Gasteiger partial charge in [0.25, 0.3) is 0 Å². The van der Waals surface area contributed by atoms with Crippen molar-refractivity contribution in [3.8, 4) is 11.1 Å². The molecule has 80 valence electrons. The summed E-state index contributed by atoms with van der Waals surface area (Å²) in [6, 6.07) is 10.3. The third-order valence-corrected chi connectivity index (χ3v) is 3.72. The van der Waals surface area contributed by atoms with Crippen molar-refractivity contribution in [2.45, 2.75) is 6.54 Å². The zero-order valence-electron chi connectivity index (χ0n) is 8.40. The second-order valence-electron chi connectivity index (χ2n) is 3.56. The fraction of sp³-hybridized carbons (Fsp3) is 0.0833. The average molecular weight is 249 g/mol. The summed E-state index contributed by atoms with van der Waals surface area (Å²) in [6.07, 6.45) is 0. The molecule has 0 saturated carbocycles. The average Bonchev–Trinajstić information content (AvgIpc) is 2.73. The first-order chi connectivity index (χ1) is 7.84. The number of rotatable bonds is 1. The number of fused-ring (bicyclic) bond motifs is 1. The molecule has 0 bridgehead atoms. The number of amidine groups is 1. The van der Waals surface area contributed by atoms with Crippen LogP contribution >= 0.6 is 22.9 Å². The Balaban J connectivity index is 2.07. The third-order valence-electron chi connectivity index (χ3n) is 2.57. The predicted molar refractivity (Wildman–Crippen MR) is 70.4 cm³/mol. The Morgan fingerprint density at radius 2 is 2.06 bits per heavy atom. The van der Waals surface area contributed by atoms with Crippen molar-refractivity contribution in [1.82, 2.24) is 0 Å². The van der Waals surface area contributed by atoms with Gasteiger partial charge in [-0.05, 0) is 22.7 Å². The molecule has 0 fully saturated rings. The number of aliphatic imine (C=N–C) groups is 1. The first kappa shape index (κ1) is 9.87. The van der Waals surface area contributed by atoms with Crippen LogP contribution in [0.3, 0.4) is 0 Å². The van der Waals surface area contributed by atoms with Gasteiger partial charge >= 0.3 is 0 Å². The summed E-state index contributed by atoms with van der Waals surface area (Å²) in [6.45, 7) is 0.662. The molecule has 16 heavy (non-hydrogen) atoms. The highest BCUT2D eigenvalue weighted by molar-refractivity contribution is 7.15. The largest absolute Gasteiger partial charge is 0.322 e. The van der Waals surface area contributed by atoms with Crippen LogP contribution in [0.15, 0.2) is 40.7 Å². The molecule has 0 radical (unpaired) electrons. The SMILES string of the molecule is ClC1=NCc2c(-c3ccccc3)csc2N1. The summed E-state index contributed by atoms with van der Waals surface area (Å²) in [7, 11) is 0. The van der Waals surface area contributed by atoms with Gasteiger partial charge in [-0.1, -0.05) is 30.3 Å². The Morgan fingerprint density at radius 3 is 2.88 bits per heavy atom. The van der Waals surface area contributed by atoms with E-state index in [0.29, 0.717) is 11.8 Å². The molecule has 3 rings (SSSR count). The number of benzene rings is 1. The minimum atomic E-state index is 0.481. The number of hydrogen-bond donors (Lipinski definition) is 1. The van der Waals surface area contributed by atoms with Gasteiger partial charge in [-0.2, -0.15) is 0 Å². The highest BCUT2D eigenvalue weighted by Gasteiger charge is 2.16. The van der Waals surface area contributed by atoms with Gasteiger partial charge in [-0.15, -0.1) is 11.3 Å². The summed E-state index contributed by atoms with van der Waals surface area (Å²) >= 11 is 7.52. The molecule has 1 aliphatic rings. The predicted octanol–water partition coefficient (Wildman–Crippen LogP) is 3.94. The van der Waals surface area contributed by atoms with Crippen LogP contribution in [0.2, 0.25) is 0 Å². The monoisotopic (exact) mass is 248 g/mol. The maximum absolute atomic E-state index is 5.85. The van der Waals surface area contributed by atoms with E-state index >= 15 is 0 Å². The van der Waals surface area contributed by atoms with Gasteiger partial charge in [0.2, 0.25) is 0 Å². The lowest BCUT2D eigenvalue weighted by Gasteiger charge is -2.11. The number of thiophene rings is 1. The third kappa shape index (κ3) is 1.62. The zero-order chi connectivity index (χ0) is 11.0. The van der Waals surface area contributed by atoms with Gasteiger partial charge in [-0.3, -0.25) is 4.99 Å². The van der Waals surface area contributed by atoms with E-state index in [1.54, 1.807) is 11.3 Å². The molecule has 0 saturated heterocycles. The van der Waals surface area contributed by atoms with Crippen LogP contribution in [0.25, 0.3) is 11.1 Å². The summed E-state index contributed by atoms with van der Waals surface area (Å²) in [5.41, 5.74) is 3.72. The van der Waals surface area contributed by atoms with Gasteiger partial charge in [0.1, 0.15) is 5.00 Å². The van der Waals surface area contributed by atoms with Crippen LogP contribution < -0.4 is 5.32 Å². The van der Waals surface area contributed by atoms with Gasteiger partial charge < -0.3 is 5.32 Å². The number of nitrogens with one attached hydrogen (secondary N) is 1. The standard InChI is InChI=1S/C12H9ClN2S/c13-12-14-6-9-10(7-16-11(9)15-12)8-4-2-1-3-5-8/h1-5,7H,6H2,(H,14,15). The van der Waals surface area contributed by atoms with Crippen molar-refractivity contribution in [3.05, 3.63) is 41.3 Å². The maximum atomic E-state index is 5.85. The highest BCUT2D eigenvalue weighted by atomic mass is 35.5. The Bertz CT molecular complexity index is 545. The topological polar surface area (TPSA) is 24.4 Å². The van der Waals surface area contributed by atoms with Crippen LogP contribution in [0.1, 0.15) is 5.56 Å². The molecule has 2 aromatic rings. The van der Waals surface area contributed by atoms with Crippen LogP contribution in [0.4, 0.5) is 5.00 Å². The van der Waals surface area contributed by atoms with Gasteiger partial charge in [0.05, 0.1) is 6.54 Å². The summed E-state index contributed by atoms with van der Waals surface area (Å²) in [4.78, 5) is 4.21. The van der Waals surface area contributed by atoms with Gasteiger partial charge in [0, 0.05) is 10.9 Å². The lowest BCUT2D eigenvalue weighted by molar-refractivity contribution is 1.07. The lowest BCUT2D eigenvalue weighted by atomic mass is 10.0. The second-order valence-corrected chi connectivity index (χ2v) is 4.79. The molecular formula is C12H9ClN2S. The molecule has 0 spiro atoms. The summed E-state index contributed by atoms with van der Waals surface area (Å²) < 4.78 is 0. The minimum absolute atomic E-state index is 0.481. The second kappa shape index (κ2) is 3.92. The van der Waals surface area contributed by atoms with Crippen LogP contribution in [0, 0.1) is 0 Å². The molecule has 2 nitrogen and oxygen atoms in total. The molecule has 1 aromatic heterocycles. The van der Waals surface area contributed by atoms with Crippen molar-refractivity contribution in [2.75, 3.05) is 5.32 Å². The number of nitrogens with zero attached hydrogens (tertiary/aromatic N) is 1. The molecule has 0 amide bonds.